The van der Waals surface area contributed by atoms with Crippen LogP contribution in [0, 0.1) is 11.8 Å². The Bertz CT molecular complexity index is 635. The molecule has 1 amide bonds. The highest BCUT2D eigenvalue weighted by Gasteiger charge is 2.40. The van der Waals surface area contributed by atoms with Crippen LogP contribution in [0.2, 0.25) is 18.1 Å². The van der Waals surface area contributed by atoms with Crippen LogP contribution in [0.1, 0.15) is 48.0 Å². The summed E-state index contributed by atoms with van der Waals surface area (Å²) in [5.74, 6) is -2.41. The van der Waals surface area contributed by atoms with Gasteiger partial charge in [-0.2, -0.15) is 0 Å². The first-order chi connectivity index (χ1) is 14.0. The molecule has 1 N–H and O–H groups in total. The lowest BCUT2D eigenvalue weighted by atomic mass is 9.87. The normalized spacial score (nSPS) is 15.3. The van der Waals surface area contributed by atoms with Crippen LogP contribution >= 0.6 is 0 Å². The lowest BCUT2D eigenvalue weighted by Gasteiger charge is -2.38. The molecule has 9 heteroatoms. The molecule has 8 nitrogen and oxygen atoms in total. The van der Waals surface area contributed by atoms with Crippen molar-refractivity contribution in [3.8, 4) is 0 Å². The van der Waals surface area contributed by atoms with Gasteiger partial charge in [0.2, 0.25) is 0 Å². The zero-order valence-corrected chi connectivity index (χ0v) is 21.8. The Hall–Kier alpha value is -1.87. The first-order valence-corrected chi connectivity index (χ1v) is 13.3. The van der Waals surface area contributed by atoms with Gasteiger partial charge >= 0.3 is 18.0 Å². The molecule has 0 aromatic rings. The number of carbonyl (C=O) groups is 3. The molecule has 180 valence electrons. The first kappa shape index (κ1) is 29.1. The minimum absolute atomic E-state index is 0.00764. The SMILES string of the molecule is C=C[C@@H](CO[Si](C)(C)C(C)(C)C)[C@@H](C[C@H](NC(=O)OC(C)(C)C)C(=O)OC)C(=O)OC. The molecule has 3 atom stereocenters. The van der Waals surface area contributed by atoms with Gasteiger partial charge in [-0.15, -0.1) is 6.58 Å². The van der Waals surface area contributed by atoms with E-state index in [9.17, 15) is 14.4 Å². The van der Waals surface area contributed by atoms with Crippen LogP contribution in [0.5, 0.6) is 0 Å². The molecule has 0 aromatic carbocycles. The molecular formula is C22H41NO7Si. The Morgan fingerprint density at radius 2 is 1.52 bits per heavy atom. The van der Waals surface area contributed by atoms with Gasteiger partial charge in [-0.3, -0.25) is 4.79 Å². The van der Waals surface area contributed by atoms with E-state index in [1.807, 2.05) is 0 Å². The summed E-state index contributed by atoms with van der Waals surface area (Å²) in [6, 6.07) is -1.10. The Labute approximate surface area is 188 Å². The number of hydrogen-bond donors (Lipinski definition) is 1. The van der Waals surface area contributed by atoms with E-state index in [0.29, 0.717) is 0 Å². The second-order valence-corrected chi connectivity index (χ2v) is 14.9. The fourth-order valence-electron chi connectivity index (χ4n) is 2.53. The molecule has 0 saturated carbocycles. The van der Waals surface area contributed by atoms with Crippen LogP contribution in [0.25, 0.3) is 0 Å². The van der Waals surface area contributed by atoms with Gasteiger partial charge in [0.05, 0.1) is 20.1 Å². The molecule has 0 aliphatic heterocycles. The smallest absolute Gasteiger partial charge is 0.408 e. The molecular weight excluding hydrogens is 418 g/mol. The number of hydrogen-bond acceptors (Lipinski definition) is 7. The Morgan fingerprint density at radius 1 is 1.00 bits per heavy atom. The highest BCUT2D eigenvalue weighted by atomic mass is 28.4. The third-order valence-electron chi connectivity index (χ3n) is 5.43. The molecule has 0 fully saturated rings. The topological polar surface area (TPSA) is 100 Å². The molecule has 0 aromatic heterocycles. The largest absolute Gasteiger partial charge is 0.469 e. The first-order valence-electron chi connectivity index (χ1n) is 10.4. The highest BCUT2D eigenvalue weighted by molar-refractivity contribution is 6.74. The van der Waals surface area contributed by atoms with Crippen LogP contribution in [0.15, 0.2) is 12.7 Å². The third-order valence-corrected chi connectivity index (χ3v) is 9.93. The van der Waals surface area contributed by atoms with Crippen molar-refractivity contribution in [3.05, 3.63) is 12.7 Å². The van der Waals surface area contributed by atoms with E-state index in [-0.39, 0.29) is 18.1 Å². The van der Waals surface area contributed by atoms with Gasteiger partial charge in [0.1, 0.15) is 11.6 Å². The van der Waals surface area contributed by atoms with Gasteiger partial charge in [0.15, 0.2) is 8.32 Å². The van der Waals surface area contributed by atoms with Crippen LogP contribution in [0.4, 0.5) is 4.79 Å². The van der Waals surface area contributed by atoms with Crippen LogP contribution in [-0.4, -0.2) is 58.8 Å². The summed E-state index contributed by atoms with van der Waals surface area (Å²) in [5.41, 5.74) is -0.743. The van der Waals surface area contributed by atoms with Gasteiger partial charge in [0.25, 0.3) is 0 Å². The van der Waals surface area contributed by atoms with Crippen molar-refractivity contribution in [1.82, 2.24) is 5.32 Å². The van der Waals surface area contributed by atoms with Crippen molar-refractivity contribution in [2.45, 2.75) is 77.7 Å². The number of nitrogens with one attached hydrogen (secondary N) is 1. The summed E-state index contributed by atoms with van der Waals surface area (Å²) < 4.78 is 21.3. The quantitative estimate of drug-likeness (QED) is 0.228. The monoisotopic (exact) mass is 459 g/mol. The molecule has 0 heterocycles. The van der Waals surface area contributed by atoms with Gasteiger partial charge in [-0.1, -0.05) is 26.8 Å². The van der Waals surface area contributed by atoms with Crippen LogP contribution in [-0.2, 0) is 28.2 Å². The summed E-state index contributed by atoms with van der Waals surface area (Å²) in [5, 5.41) is 2.49. The van der Waals surface area contributed by atoms with Crippen molar-refractivity contribution in [2.24, 2.45) is 11.8 Å². The molecule has 0 bridgehead atoms. The van der Waals surface area contributed by atoms with Crippen molar-refractivity contribution in [2.75, 3.05) is 20.8 Å². The predicted molar refractivity (Wildman–Crippen MR) is 122 cm³/mol. The molecule has 0 saturated heterocycles. The van der Waals surface area contributed by atoms with Gasteiger partial charge < -0.3 is 24.0 Å². The van der Waals surface area contributed by atoms with Crippen molar-refractivity contribution in [3.63, 3.8) is 0 Å². The Morgan fingerprint density at radius 3 is 1.90 bits per heavy atom. The summed E-state index contributed by atoms with van der Waals surface area (Å²) in [7, 11) is 0.412. The second kappa shape index (κ2) is 11.7. The van der Waals surface area contributed by atoms with E-state index < -0.39 is 49.8 Å². The minimum Gasteiger partial charge on any atom is -0.469 e. The number of esters is 2. The number of carbonyl (C=O) groups excluding carboxylic acids is 3. The van der Waals surface area contributed by atoms with Crippen molar-refractivity contribution in [1.29, 1.82) is 0 Å². The second-order valence-electron chi connectivity index (χ2n) is 10.1. The summed E-state index contributed by atoms with van der Waals surface area (Å²) >= 11 is 0. The molecule has 0 radical (unpaired) electrons. The Balaban J connectivity index is 5.64. The molecule has 0 rings (SSSR count). The lowest BCUT2D eigenvalue weighted by Crippen LogP contribution is -2.47. The Kier molecular flexibility index (Phi) is 11.0. The predicted octanol–water partition coefficient (Wildman–Crippen LogP) is 4.06. The van der Waals surface area contributed by atoms with E-state index in [0.717, 1.165) is 0 Å². The molecule has 0 aliphatic rings. The number of methoxy groups -OCH3 is 2. The van der Waals surface area contributed by atoms with Gasteiger partial charge in [-0.05, 0) is 45.3 Å². The average Bonchev–Trinajstić information content (AvgIpc) is 2.62. The van der Waals surface area contributed by atoms with E-state index in [1.54, 1.807) is 26.8 Å². The van der Waals surface area contributed by atoms with Crippen LogP contribution < -0.4 is 5.32 Å². The molecule has 0 aliphatic carbocycles. The van der Waals surface area contributed by atoms with Crippen molar-refractivity contribution < 1.29 is 33.0 Å². The number of amides is 1. The summed E-state index contributed by atoms with van der Waals surface area (Å²) in [6.45, 7) is 19.8. The maximum absolute atomic E-state index is 12.6. The maximum atomic E-state index is 12.6. The zero-order valence-electron chi connectivity index (χ0n) is 20.8. The van der Waals surface area contributed by atoms with Crippen molar-refractivity contribution >= 4 is 26.3 Å². The third kappa shape index (κ3) is 9.86. The van der Waals surface area contributed by atoms with Crippen LogP contribution in [0.3, 0.4) is 0 Å². The lowest BCUT2D eigenvalue weighted by molar-refractivity contribution is -0.149. The van der Waals surface area contributed by atoms with E-state index in [1.165, 1.54) is 14.2 Å². The maximum Gasteiger partial charge on any atom is 0.408 e. The molecule has 0 spiro atoms. The fraction of sp³-hybridized carbons (Fsp3) is 0.773. The standard InChI is InChI=1S/C22H41NO7Si/c1-12-15(14-29-31(10,11)22(5,6)7)16(18(24)27-8)13-17(19(25)28-9)23-20(26)30-21(2,3)4/h12,15-17H,1,13-14H2,2-11H3,(H,23,26)/t15-,16+,17-/m0/s1. The summed E-state index contributed by atoms with van der Waals surface area (Å²) in [4.78, 5) is 37.1. The molecule has 0 unspecified atom stereocenters. The fourth-order valence-corrected chi connectivity index (χ4v) is 3.57. The minimum atomic E-state index is -2.08. The number of alkyl carbamates (subject to hydrolysis) is 1. The highest BCUT2D eigenvalue weighted by Crippen LogP contribution is 2.37. The van der Waals surface area contributed by atoms with Gasteiger partial charge in [-0.25, -0.2) is 9.59 Å². The summed E-state index contributed by atoms with van der Waals surface area (Å²) in [6.07, 6.45) is 0.798. The number of ether oxygens (including phenoxy) is 3. The van der Waals surface area contributed by atoms with E-state index >= 15 is 0 Å². The number of rotatable bonds is 10. The average molecular weight is 460 g/mol. The molecule has 31 heavy (non-hydrogen) atoms. The van der Waals surface area contributed by atoms with E-state index in [2.05, 4.69) is 45.8 Å². The van der Waals surface area contributed by atoms with E-state index in [4.69, 9.17) is 18.6 Å². The van der Waals surface area contributed by atoms with Gasteiger partial charge in [0, 0.05) is 12.5 Å². The zero-order chi connectivity index (χ0) is 24.6.